The zero-order valence-electron chi connectivity index (χ0n) is 10.9. The molecule has 2 nitrogen and oxygen atoms in total. The van der Waals surface area contributed by atoms with Crippen LogP contribution in [0, 0.1) is 5.92 Å². The van der Waals surface area contributed by atoms with Crippen LogP contribution < -0.4 is 5.32 Å². The minimum atomic E-state index is 0.631. The lowest BCUT2D eigenvalue weighted by molar-refractivity contribution is 0.0455. The van der Waals surface area contributed by atoms with Crippen LogP contribution in [0.1, 0.15) is 19.4 Å². The maximum atomic E-state index is 5.20. The minimum absolute atomic E-state index is 0.631. The fraction of sp³-hybridized carbons (Fsp3) is 0.571. The summed E-state index contributed by atoms with van der Waals surface area (Å²) in [6.45, 7) is 8.22. The third-order valence-corrected chi connectivity index (χ3v) is 4.91. The van der Waals surface area contributed by atoms with Gasteiger partial charge in [0.1, 0.15) is 0 Å². The number of ether oxygens (including phenoxy) is 1. The molecule has 18 heavy (non-hydrogen) atoms. The highest BCUT2D eigenvalue weighted by atomic mass is 79.9. The summed E-state index contributed by atoms with van der Waals surface area (Å²) >= 11 is 5.56. The molecule has 4 heteroatoms. The molecule has 0 spiro atoms. The van der Waals surface area contributed by atoms with E-state index in [1.807, 2.05) is 11.8 Å². The summed E-state index contributed by atoms with van der Waals surface area (Å²) in [5.41, 5.74) is 1.33. The van der Waals surface area contributed by atoms with Crippen molar-refractivity contribution in [2.45, 2.75) is 30.5 Å². The summed E-state index contributed by atoms with van der Waals surface area (Å²) in [7, 11) is 0. The molecule has 0 bridgehead atoms. The third kappa shape index (κ3) is 4.26. The number of benzene rings is 1. The van der Waals surface area contributed by atoms with Crippen molar-refractivity contribution in [1.29, 1.82) is 0 Å². The number of hydrogen-bond donors (Lipinski definition) is 1. The fourth-order valence-electron chi connectivity index (χ4n) is 1.72. The van der Waals surface area contributed by atoms with Crippen LogP contribution in [-0.4, -0.2) is 25.0 Å². The molecule has 1 aliphatic heterocycles. The predicted molar refractivity (Wildman–Crippen MR) is 81.2 cm³/mol. The Morgan fingerprint density at radius 3 is 2.78 bits per heavy atom. The molecule has 2 rings (SSSR count). The number of hydrogen-bond acceptors (Lipinski definition) is 3. The zero-order valence-corrected chi connectivity index (χ0v) is 13.3. The van der Waals surface area contributed by atoms with Crippen LogP contribution in [0.3, 0.4) is 0 Å². The maximum absolute atomic E-state index is 5.20. The Morgan fingerprint density at radius 2 is 2.22 bits per heavy atom. The van der Waals surface area contributed by atoms with Crippen molar-refractivity contribution in [2.75, 3.05) is 19.8 Å². The van der Waals surface area contributed by atoms with Crippen molar-refractivity contribution < 1.29 is 4.74 Å². The molecular weight excluding hydrogens is 310 g/mol. The SMILES string of the molecule is CC(C)CNCc1ccc(SC2COC2)c(Br)c1. The average Bonchev–Trinajstić information content (AvgIpc) is 2.25. The summed E-state index contributed by atoms with van der Waals surface area (Å²) < 4.78 is 6.40. The molecule has 1 aromatic carbocycles. The quantitative estimate of drug-likeness (QED) is 0.860. The first-order chi connectivity index (χ1) is 8.65. The Bertz CT molecular complexity index is 393. The van der Waals surface area contributed by atoms with Crippen LogP contribution in [0.2, 0.25) is 0 Å². The molecule has 1 N–H and O–H groups in total. The van der Waals surface area contributed by atoms with E-state index >= 15 is 0 Å². The first-order valence-corrected chi connectivity index (χ1v) is 8.06. The normalized spacial score (nSPS) is 16.0. The van der Waals surface area contributed by atoms with Crippen molar-refractivity contribution in [3.8, 4) is 0 Å². The fourth-order valence-corrected chi connectivity index (χ4v) is 3.43. The van der Waals surface area contributed by atoms with Crippen molar-refractivity contribution in [1.82, 2.24) is 5.32 Å². The van der Waals surface area contributed by atoms with Gasteiger partial charge in [-0.25, -0.2) is 0 Å². The van der Waals surface area contributed by atoms with Crippen molar-refractivity contribution >= 4 is 27.7 Å². The van der Waals surface area contributed by atoms with E-state index in [0.717, 1.165) is 26.3 Å². The topological polar surface area (TPSA) is 21.3 Å². The van der Waals surface area contributed by atoms with Crippen molar-refractivity contribution in [2.24, 2.45) is 5.92 Å². The van der Waals surface area contributed by atoms with Gasteiger partial charge in [-0.05, 0) is 46.1 Å². The monoisotopic (exact) mass is 329 g/mol. The first kappa shape index (κ1) is 14.4. The minimum Gasteiger partial charge on any atom is -0.379 e. The van der Waals surface area contributed by atoms with Gasteiger partial charge in [-0.15, -0.1) is 11.8 Å². The molecule has 0 saturated carbocycles. The summed E-state index contributed by atoms with van der Waals surface area (Å²) in [5, 5.41) is 4.09. The number of nitrogens with one attached hydrogen (secondary N) is 1. The summed E-state index contributed by atoms with van der Waals surface area (Å²) in [5.74, 6) is 0.696. The zero-order chi connectivity index (χ0) is 13.0. The van der Waals surface area contributed by atoms with Crippen LogP contribution >= 0.6 is 27.7 Å². The van der Waals surface area contributed by atoms with E-state index in [1.54, 1.807) is 0 Å². The summed E-state index contributed by atoms with van der Waals surface area (Å²) in [4.78, 5) is 1.32. The van der Waals surface area contributed by atoms with E-state index in [4.69, 9.17) is 4.74 Å². The molecule has 1 aromatic rings. The third-order valence-electron chi connectivity index (χ3n) is 2.78. The number of thioether (sulfide) groups is 1. The van der Waals surface area contributed by atoms with Gasteiger partial charge in [0.05, 0.1) is 18.5 Å². The van der Waals surface area contributed by atoms with Crippen LogP contribution in [0.15, 0.2) is 27.6 Å². The Hall–Kier alpha value is -0.0300. The molecule has 1 fully saturated rings. The van der Waals surface area contributed by atoms with E-state index in [0.29, 0.717) is 11.2 Å². The molecule has 0 atom stereocenters. The van der Waals surface area contributed by atoms with Crippen LogP contribution in [-0.2, 0) is 11.3 Å². The average molecular weight is 330 g/mol. The lowest BCUT2D eigenvalue weighted by Gasteiger charge is -2.25. The standard InChI is InChI=1S/C14H20BrNOS/c1-10(2)6-16-7-11-3-4-14(13(15)5-11)18-12-8-17-9-12/h3-5,10,12,16H,6-9H2,1-2H3. The molecule has 0 unspecified atom stereocenters. The van der Waals surface area contributed by atoms with Gasteiger partial charge in [0, 0.05) is 15.9 Å². The van der Waals surface area contributed by atoms with E-state index in [2.05, 4.69) is 53.3 Å². The van der Waals surface area contributed by atoms with E-state index in [-0.39, 0.29) is 0 Å². The molecule has 0 radical (unpaired) electrons. The predicted octanol–water partition coefficient (Wildman–Crippen LogP) is 3.69. The van der Waals surface area contributed by atoms with Gasteiger partial charge in [-0.3, -0.25) is 0 Å². The Morgan fingerprint density at radius 1 is 1.44 bits per heavy atom. The second kappa shape index (κ2) is 6.94. The summed E-state index contributed by atoms with van der Waals surface area (Å²) in [6, 6.07) is 6.63. The Labute approximate surface area is 122 Å². The van der Waals surface area contributed by atoms with Crippen molar-refractivity contribution in [3.63, 3.8) is 0 Å². The molecular formula is C14H20BrNOS. The molecule has 0 aromatic heterocycles. The lowest BCUT2D eigenvalue weighted by atomic mass is 10.2. The van der Waals surface area contributed by atoms with Crippen LogP contribution in [0.5, 0.6) is 0 Å². The molecule has 1 saturated heterocycles. The molecule has 1 heterocycles. The molecule has 1 aliphatic rings. The second-order valence-corrected chi connectivity index (χ2v) is 7.26. The van der Waals surface area contributed by atoms with Crippen LogP contribution in [0.4, 0.5) is 0 Å². The molecule has 0 aliphatic carbocycles. The largest absolute Gasteiger partial charge is 0.379 e. The highest BCUT2D eigenvalue weighted by Gasteiger charge is 2.20. The molecule has 100 valence electrons. The summed E-state index contributed by atoms with van der Waals surface area (Å²) in [6.07, 6.45) is 0. The van der Waals surface area contributed by atoms with Gasteiger partial charge in [-0.1, -0.05) is 19.9 Å². The van der Waals surface area contributed by atoms with Gasteiger partial charge in [0.2, 0.25) is 0 Å². The van der Waals surface area contributed by atoms with E-state index in [9.17, 15) is 0 Å². The van der Waals surface area contributed by atoms with Crippen LogP contribution in [0.25, 0.3) is 0 Å². The van der Waals surface area contributed by atoms with Gasteiger partial charge < -0.3 is 10.1 Å². The Kier molecular flexibility index (Phi) is 5.55. The number of rotatable bonds is 6. The second-order valence-electron chi connectivity index (χ2n) is 5.07. The first-order valence-electron chi connectivity index (χ1n) is 6.38. The molecule has 0 amide bonds. The van der Waals surface area contributed by atoms with Gasteiger partial charge in [0.15, 0.2) is 0 Å². The van der Waals surface area contributed by atoms with Gasteiger partial charge in [-0.2, -0.15) is 0 Å². The Balaban J connectivity index is 1.87. The van der Waals surface area contributed by atoms with Gasteiger partial charge >= 0.3 is 0 Å². The lowest BCUT2D eigenvalue weighted by Crippen LogP contribution is -2.30. The maximum Gasteiger partial charge on any atom is 0.0611 e. The van der Waals surface area contributed by atoms with E-state index < -0.39 is 0 Å². The number of halogens is 1. The highest BCUT2D eigenvalue weighted by molar-refractivity contribution is 9.10. The van der Waals surface area contributed by atoms with E-state index in [1.165, 1.54) is 14.9 Å². The highest BCUT2D eigenvalue weighted by Crippen LogP contribution is 2.34. The van der Waals surface area contributed by atoms with Crippen molar-refractivity contribution in [3.05, 3.63) is 28.2 Å². The smallest absolute Gasteiger partial charge is 0.0611 e. The van der Waals surface area contributed by atoms with Gasteiger partial charge in [0.25, 0.3) is 0 Å².